The number of benzene rings is 2. The molecule has 2 aromatic rings. The van der Waals surface area contributed by atoms with Crippen molar-refractivity contribution in [2.45, 2.75) is 20.4 Å². The van der Waals surface area contributed by atoms with Crippen molar-refractivity contribution in [3.63, 3.8) is 0 Å². The van der Waals surface area contributed by atoms with Crippen molar-refractivity contribution in [2.75, 3.05) is 11.9 Å². The maximum atomic E-state index is 13.7. The topological polar surface area (TPSA) is 49.4 Å². The standard InChI is InChI=1S/C18H18ClFN2O2/c1-3-22(11-14-6-4-5-7-15(14)19)18(24)13-8-9-16(20)17(10-13)21-12(2)23/h4-10H,3,11H2,1-2H3,(H,21,23). The van der Waals surface area contributed by atoms with Crippen LogP contribution in [0.3, 0.4) is 0 Å². The van der Waals surface area contributed by atoms with Gasteiger partial charge in [-0.05, 0) is 36.8 Å². The molecule has 2 aromatic carbocycles. The fourth-order valence-corrected chi connectivity index (χ4v) is 2.48. The molecule has 24 heavy (non-hydrogen) atoms. The highest BCUT2D eigenvalue weighted by molar-refractivity contribution is 6.31. The first-order valence-corrected chi connectivity index (χ1v) is 7.90. The average Bonchev–Trinajstić information content (AvgIpc) is 2.55. The number of nitrogens with zero attached hydrogens (tertiary/aromatic N) is 1. The smallest absolute Gasteiger partial charge is 0.254 e. The Balaban J connectivity index is 2.25. The van der Waals surface area contributed by atoms with Gasteiger partial charge < -0.3 is 10.2 Å². The number of anilines is 1. The molecular weight excluding hydrogens is 331 g/mol. The van der Waals surface area contributed by atoms with E-state index in [0.717, 1.165) is 5.56 Å². The number of hydrogen-bond donors (Lipinski definition) is 1. The summed E-state index contributed by atoms with van der Waals surface area (Å²) >= 11 is 6.14. The van der Waals surface area contributed by atoms with Gasteiger partial charge in [0, 0.05) is 30.6 Å². The predicted octanol–water partition coefficient (Wildman–Crippen LogP) is 4.10. The molecule has 0 bridgehead atoms. The zero-order chi connectivity index (χ0) is 17.7. The fraction of sp³-hybridized carbons (Fsp3) is 0.222. The summed E-state index contributed by atoms with van der Waals surface area (Å²) in [4.78, 5) is 25.4. The van der Waals surface area contributed by atoms with Gasteiger partial charge in [0.1, 0.15) is 5.82 Å². The van der Waals surface area contributed by atoms with Crippen LogP contribution in [0, 0.1) is 5.82 Å². The molecule has 0 aromatic heterocycles. The molecule has 2 amide bonds. The average molecular weight is 349 g/mol. The van der Waals surface area contributed by atoms with Gasteiger partial charge in [-0.1, -0.05) is 29.8 Å². The molecule has 0 saturated carbocycles. The summed E-state index contributed by atoms with van der Waals surface area (Å²) in [5.41, 5.74) is 1.12. The predicted molar refractivity (Wildman–Crippen MR) is 92.6 cm³/mol. The second-order valence-corrected chi connectivity index (χ2v) is 5.69. The molecule has 0 atom stereocenters. The molecule has 6 heteroatoms. The van der Waals surface area contributed by atoms with Crippen LogP contribution in [-0.4, -0.2) is 23.3 Å². The Morgan fingerprint density at radius 2 is 1.92 bits per heavy atom. The largest absolute Gasteiger partial charge is 0.335 e. The Kier molecular flexibility index (Phi) is 5.93. The molecule has 0 aliphatic rings. The number of amides is 2. The van der Waals surface area contributed by atoms with Gasteiger partial charge in [-0.25, -0.2) is 4.39 Å². The SMILES string of the molecule is CCN(Cc1ccccc1Cl)C(=O)c1ccc(F)c(NC(C)=O)c1. The third kappa shape index (κ3) is 4.32. The van der Waals surface area contributed by atoms with Gasteiger partial charge in [0.2, 0.25) is 5.91 Å². The molecule has 0 heterocycles. The lowest BCUT2D eigenvalue weighted by atomic mass is 10.1. The number of carbonyl (C=O) groups excluding carboxylic acids is 2. The van der Waals surface area contributed by atoms with E-state index in [1.165, 1.54) is 25.1 Å². The quantitative estimate of drug-likeness (QED) is 0.884. The Hall–Kier alpha value is -2.40. The van der Waals surface area contributed by atoms with E-state index < -0.39 is 11.7 Å². The van der Waals surface area contributed by atoms with Crippen molar-refractivity contribution >= 4 is 29.1 Å². The van der Waals surface area contributed by atoms with Crippen LogP contribution in [0.25, 0.3) is 0 Å². The lowest BCUT2D eigenvalue weighted by molar-refractivity contribution is -0.114. The van der Waals surface area contributed by atoms with E-state index in [-0.39, 0.29) is 11.6 Å². The minimum Gasteiger partial charge on any atom is -0.335 e. The number of hydrogen-bond acceptors (Lipinski definition) is 2. The summed E-state index contributed by atoms with van der Waals surface area (Å²) in [6, 6.07) is 11.2. The van der Waals surface area contributed by atoms with Gasteiger partial charge in [-0.2, -0.15) is 0 Å². The third-order valence-corrected chi connectivity index (χ3v) is 3.88. The van der Waals surface area contributed by atoms with E-state index in [1.807, 2.05) is 25.1 Å². The monoisotopic (exact) mass is 348 g/mol. The van der Waals surface area contributed by atoms with E-state index in [0.29, 0.717) is 23.7 Å². The first kappa shape index (κ1) is 17.9. The Morgan fingerprint density at radius 1 is 1.21 bits per heavy atom. The van der Waals surface area contributed by atoms with Gasteiger partial charge in [0.05, 0.1) is 5.69 Å². The van der Waals surface area contributed by atoms with Crippen molar-refractivity contribution < 1.29 is 14.0 Å². The minimum absolute atomic E-state index is 0.0119. The second-order valence-electron chi connectivity index (χ2n) is 5.29. The van der Waals surface area contributed by atoms with E-state index in [1.54, 1.807) is 11.0 Å². The van der Waals surface area contributed by atoms with Crippen LogP contribution in [0.15, 0.2) is 42.5 Å². The number of halogens is 2. The summed E-state index contributed by atoms with van der Waals surface area (Å²) in [6.07, 6.45) is 0. The summed E-state index contributed by atoms with van der Waals surface area (Å²) in [5, 5.41) is 2.96. The van der Waals surface area contributed by atoms with Crippen LogP contribution in [0.4, 0.5) is 10.1 Å². The van der Waals surface area contributed by atoms with E-state index >= 15 is 0 Å². The summed E-state index contributed by atoms with van der Waals surface area (Å²) in [5.74, 6) is -1.25. The fourth-order valence-electron chi connectivity index (χ4n) is 2.29. The maximum absolute atomic E-state index is 13.7. The highest BCUT2D eigenvalue weighted by Crippen LogP contribution is 2.21. The number of nitrogens with one attached hydrogen (secondary N) is 1. The van der Waals surface area contributed by atoms with Crippen LogP contribution in [0.5, 0.6) is 0 Å². The van der Waals surface area contributed by atoms with Crippen LogP contribution in [-0.2, 0) is 11.3 Å². The highest BCUT2D eigenvalue weighted by atomic mass is 35.5. The van der Waals surface area contributed by atoms with Crippen molar-refractivity contribution in [1.29, 1.82) is 0 Å². The first-order chi connectivity index (χ1) is 11.4. The Bertz CT molecular complexity index is 764. The number of rotatable bonds is 5. The van der Waals surface area contributed by atoms with Crippen LogP contribution < -0.4 is 5.32 Å². The van der Waals surface area contributed by atoms with Crippen molar-refractivity contribution in [1.82, 2.24) is 4.90 Å². The second kappa shape index (κ2) is 7.93. The van der Waals surface area contributed by atoms with Gasteiger partial charge in [-0.3, -0.25) is 9.59 Å². The number of carbonyl (C=O) groups is 2. The van der Waals surface area contributed by atoms with Crippen LogP contribution >= 0.6 is 11.6 Å². The normalized spacial score (nSPS) is 10.3. The molecule has 0 aliphatic carbocycles. The van der Waals surface area contributed by atoms with E-state index in [2.05, 4.69) is 5.32 Å². The lowest BCUT2D eigenvalue weighted by Crippen LogP contribution is -2.30. The van der Waals surface area contributed by atoms with Crippen molar-refractivity contribution in [3.8, 4) is 0 Å². The van der Waals surface area contributed by atoms with Crippen LogP contribution in [0.2, 0.25) is 5.02 Å². The minimum atomic E-state index is -0.587. The highest BCUT2D eigenvalue weighted by Gasteiger charge is 2.17. The zero-order valence-electron chi connectivity index (χ0n) is 13.5. The molecule has 2 rings (SSSR count). The van der Waals surface area contributed by atoms with Crippen molar-refractivity contribution in [2.24, 2.45) is 0 Å². The third-order valence-electron chi connectivity index (χ3n) is 3.51. The lowest BCUT2D eigenvalue weighted by Gasteiger charge is -2.22. The van der Waals surface area contributed by atoms with Gasteiger partial charge in [-0.15, -0.1) is 0 Å². The molecule has 1 N–H and O–H groups in total. The van der Waals surface area contributed by atoms with E-state index in [4.69, 9.17) is 11.6 Å². The van der Waals surface area contributed by atoms with Gasteiger partial charge in [0.25, 0.3) is 5.91 Å². The Labute approximate surface area is 145 Å². The summed E-state index contributed by atoms with van der Waals surface area (Å²) < 4.78 is 13.7. The van der Waals surface area contributed by atoms with E-state index in [9.17, 15) is 14.0 Å². The molecule has 0 unspecified atom stereocenters. The molecule has 0 fully saturated rings. The molecule has 126 valence electrons. The molecule has 0 aliphatic heterocycles. The summed E-state index contributed by atoms with van der Waals surface area (Å²) in [7, 11) is 0. The first-order valence-electron chi connectivity index (χ1n) is 7.52. The molecule has 0 radical (unpaired) electrons. The molecular formula is C18H18ClFN2O2. The Morgan fingerprint density at radius 3 is 2.54 bits per heavy atom. The summed E-state index contributed by atoms with van der Waals surface area (Å²) in [6.45, 7) is 3.95. The van der Waals surface area contributed by atoms with Crippen molar-refractivity contribution in [3.05, 3.63) is 64.4 Å². The molecule has 0 saturated heterocycles. The zero-order valence-corrected chi connectivity index (χ0v) is 14.2. The van der Waals surface area contributed by atoms with Gasteiger partial charge >= 0.3 is 0 Å². The van der Waals surface area contributed by atoms with Gasteiger partial charge in [0.15, 0.2) is 0 Å². The molecule has 0 spiro atoms. The maximum Gasteiger partial charge on any atom is 0.254 e. The van der Waals surface area contributed by atoms with Crippen LogP contribution in [0.1, 0.15) is 29.8 Å². The molecule has 4 nitrogen and oxygen atoms in total.